The molecule has 130 valence electrons. The van der Waals surface area contributed by atoms with E-state index in [9.17, 15) is 9.59 Å². The van der Waals surface area contributed by atoms with Crippen molar-refractivity contribution in [1.82, 2.24) is 0 Å². The van der Waals surface area contributed by atoms with Crippen LogP contribution in [0.4, 0.5) is 0 Å². The minimum Gasteiger partial charge on any atom is -0.468 e. The largest absolute Gasteiger partial charge is 0.468 e. The monoisotopic (exact) mass is 396 g/mol. The summed E-state index contributed by atoms with van der Waals surface area (Å²) >= 11 is 3.45. The molecule has 2 fully saturated rings. The highest BCUT2D eigenvalue weighted by Gasteiger charge is 2.58. The van der Waals surface area contributed by atoms with Gasteiger partial charge in [-0.1, -0.05) is 28.1 Å². The number of fused-ring (bicyclic) bond motifs is 2. The molecule has 2 aliphatic rings. The second kappa shape index (κ2) is 6.48. The van der Waals surface area contributed by atoms with Gasteiger partial charge in [0.2, 0.25) is 0 Å². The Morgan fingerprint density at radius 1 is 1.08 bits per heavy atom. The Morgan fingerprint density at radius 2 is 1.62 bits per heavy atom. The molecule has 0 atom stereocenters. The summed E-state index contributed by atoms with van der Waals surface area (Å²) in [5.74, 6) is -2.06. The number of rotatable bonds is 5. The van der Waals surface area contributed by atoms with Crippen LogP contribution in [0.5, 0.6) is 0 Å². The van der Waals surface area contributed by atoms with E-state index in [0.717, 1.165) is 35.7 Å². The van der Waals surface area contributed by atoms with Gasteiger partial charge in [-0.3, -0.25) is 9.59 Å². The smallest absolute Gasteiger partial charge is 0.320 e. The van der Waals surface area contributed by atoms with Gasteiger partial charge in [0.25, 0.3) is 0 Å². The number of carbonyl (C=O) groups excluding carboxylic acids is 2. The molecule has 2 aliphatic heterocycles. The van der Waals surface area contributed by atoms with Crippen LogP contribution in [0.25, 0.3) is 0 Å². The van der Waals surface area contributed by atoms with E-state index in [2.05, 4.69) is 28.1 Å². The van der Waals surface area contributed by atoms with Gasteiger partial charge in [-0.15, -0.1) is 0 Å². The van der Waals surface area contributed by atoms with Crippen LogP contribution in [0, 0.1) is 5.92 Å². The molecule has 3 rings (SSSR count). The Bertz CT molecular complexity index is 615. The normalized spacial score (nSPS) is 28.2. The van der Waals surface area contributed by atoms with Crippen molar-refractivity contribution >= 4 is 27.9 Å². The molecular weight excluding hydrogens is 376 g/mol. The van der Waals surface area contributed by atoms with E-state index in [1.807, 2.05) is 12.1 Å². The number of hydrogen-bond donors (Lipinski definition) is 0. The number of hydrogen-bond acceptors (Lipinski definition) is 5. The third kappa shape index (κ3) is 2.97. The molecule has 1 aromatic carbocycles. The lowest BCUT2D eigenvalue weighted by Gasteiger charge is -2.27. The van der Waals surface area contributed by atoms with Crippen LogP contribution in [0.2, 0.25) is 0 Å². The Balaban J connectivity index is 1.80. The van der Waals surface area contributed by atoms with Gasteiger partial charge in [0.1, 0.15) is 0 Å². The van der Waals surface area contributed by atoms with Gasteiger partial charge in [0.05, 0.1) is 25.4 Å². The fourth-order valence-electron chi connectivity index (χ4n) is 3.99. The summed E-state index contributed by atoms with van der Waals surface area (Å²) in [5.41, 5.74) is 0.384. The molecule has 2 heterocycles. The van der Waals surface area contributed by atoms with E-state index in [0.29, 0.717) is 6.42 Å². The van der Waals surface area contributed by atoms with E-state index in [-0.39, 0.29) is 5.60 Å². The molecule has 24 heavy (non-hydrogen) atoms. The highest BCUT2D eigenvalue weighted by Crippen LogP contribution is 2.58. The van der Waals surface area contributed by atoms with Crippen LogP contribution in [0.3, 0.4) is 0 Å². The zero-order chi connectivity index (χ0) is 17.4. The molecule has 0 aliphatic carbocycles. The van der Waals surface area contributed by atoms with Gasteiger partial charge in [-0.25, -0.2) is 0 Å². The van der Waals surface area contributed by atoms with Crippen molar-refractivity contribution in [2.24, 2.45) is 5.92 Å². The van der Waals surface area contributed by atoms with E-state index in [1.54, 1.807) is 0 Å². The molecule has 0 unspecified atom stereocenters. The number of halogens is 1. The van der Waals surface area contributed by atoms with Crippen molar-refractivity contribution in [2.75, 3.05) is 14.2 Å². The predicted octanol–water partition coefficient (Wildman–Crippen LogP) is 3.34. The number of ether oxygens (including phenoxy) is 3. The Hall–Kier alpha value is -1.40. The topological polar surface area (TPSA) is 61.8 Å². The third-order valence-corrected chi connectivity index (χ3v) is 5.83. The molecule has 6 heteroatoms. The van der Waals surface area contributed by atoms with E-state index in [1.165, 1.54) is 14.2 Å². The highest BCUT2D eigenvalue weighted by molar-refractivity contribution is 9.10. The van der Waals surface area contributed by atoms with Gasteiger partial charge < -0.3 is 14.2 Å². The third-order valence-electron chi connectivity index (χ3n) is 5.30. The molecule has 1 aromatic rings. The van der Waals surface area contributed by atoms with Gasteiger partial charge in [0.15, 0.2) is 5.92 Å². The van der Waals surface area contributed by atoms with Crippen molar-refractivity contribution in [1.29, 1.82) is 0 Å². The summed E-state index contributed by atoms with van der Waals surface area (Å²) in [6.45, 7) is 0. The molecule has 2 saturated heterocycles. The SMILES string of the molecule is COC(=O)C(CC12CCC(c3ccc(Br)cc3)(CC1)O2)C(=O)OC. The van der Waals surface area contributed by atoms with Crippen molar-refractivity contribution in [3.63, 3.8) is 0 Å². The first-order valence-corrected chi connectivity index (χ1v) is 8.85. The van der Waals surface area contributed by atoms with Crippen LogP contribution in [-0.4, -0.2) is 31.8 Å². The first-order valence-electron chi connectivity index (χ1n) is 8.05. The van der Waals surface area contributed by atoms with E-state index < -0.39 is 23.5 Å². The van der Waals surface area contributed by atoms with Crippen molar-refractivity contribution in [3.8, 4) is 0 Å². The van der Waals surface area contributed by atoms with Crippen LogP contribution in [-0.2, 0) is 29.4 Å². The molecule has 0 N–H and O–H groups in total. The molecule has 2 bridgehead atoms. The van der Waals surface area contributed by atoms with Gasteiger partial charge >= 0.3 is 11.9 Å². The average molecular weight is 397 g/mol. The molecule has 0 saturated carbocycles. The Kier molecular flexibility index (Phi) is 4.71. The summed E-state index contributed by atoms with van der Waals surface area (Å²) < 4.78 is 17.0. The zero-order valence-corrected chi connectivity index (χ0v) is 15.4. The minimum absolute atomic E-state index is 0.308. The minimum atomic E-state index is -0.932. The lowest BCUT2D eigenvalue weighted by molar-refractivity contribution is -0.163. The van der Waals surface area contributed by atoms with Crippen LogP contribution in [0.15, 0.2) is 28.7 Å². The van der Waals surface area contributed by atoms with Crippen LogP contribution in [0.1, 0.15) is 37.7 Å². The fraction of sp³-hybridized carbons (Fsp3) is 0.556. The summed E-state index contributed by atoms with van der Waals surface area (Å²) in [4.78, 5) is 24.0. The van der Waals surface area contributed by atoms with Gasteiger partial charge in [0, 0.05) is 10.9 Å². The lowest BCUT2D eigenvalue weighted by Crippen LogP contribution is -2.36. The lowest BCUT2D eigenvalue weighted by atomic mass is 9.75. The van der Waals surface area contributed by atoms with Crippen LogP contribution < -0.4 is 0 Å². The standard InChI is InChI=1S/C18H21BrO5/c1-22-15(20)14(16(21)23-2)11-17-7-9-18(24-17,10-8-17)12-3-5-13(19)6-4-12/h3-6,14H,7-11H2,1-2H3. The van der Waals surface area contributed by atoms with Crippen molar-refractivity contribution < 1.29 is 23.8 Å². The summed E-state index contributed by atoms with van der Waals surface area (Å²) in [6, 6.07) is 8.17. The van der Waals surface area contributed by atoms with Crippen molar-refractivity contribution in [2.45, 2.75) is 43.3 Å². The van der Waals surface area contributed by atoms with Gasteiger partial charge in [-0.05, 0) is 43.4 Å². The molecule has 0 aromatic heterocycles. The van der Waals surface area contributed by atoms with Crippen molar-refractivity contribution in [3.05, 3.63) is 34.3 Å². The molecule has 0 amide bonds. The summed E-state index contributed by atoms with van der Waals surface area (Å²) in [7, 11) is 2.57. The van der Waals surface area contributed by atoms with Crippen LogP contribution >= 0.6 is 15.9 Å². The second-order valence-electron chi connectivity index (χ2n) is 6.59. The highest BCUT2D eigenvalue weighted by atomic mass is 79.9. The molecular formula is C18H21BrO5. The summed E-state index contributed by atoms with van der Waals surface area (Å²) in [6.07, 6.45) is 3.75. The Labute approximate surface area is 149 Å². The number of carbonyl (C=O) groups is 2. The van der Waals surface area contributed by atoms with Gasteiger partial charge in [-0.2, -0.15) is 0 Å². The predicted molar refractivity (Wildman–Crippen MR) is 90.2 cm³/mol. The van der Waals surface area contributed by atoms with E-state index >= 15 is 0 Å². The first-order chi connectivity index (χ1) is 11.4. The molecule has 5 nitrogen and oxygen atoms in total. The maximum Gasteiger partial charge on any atom is 0.320 e. The molecule has 0 spiro atoms. The number of methoxy groups -OCH3 is 2. The Morgan fingerprint density at radius 3 is 2.12 bits per heavy atom. The van der Waals surface area contributed by atoms with E-state index in [4.69, 9.17) is 14.2 Å². The first kappa shape index (κ1) is 17.4. The number of esters is 2. The molecule has 0 radical (unpaired) electrons. The number of benzene rings is 1. The average Bonchev–Trinajstić information content (AvgIpc) is 3.16. The maximum absolute atomic E-state index is 12.0. The fourth-order valence-corrected chi connectivity index (χ4v) is 4.26. The quantitative estimate of drug-likeness (QED) is 0.564. The maximum atomic E-state index is 12.0. The second-order valence-corrected chi connectivity index (χ2v) is 7.50. The zero-order valence-electron chi connectivity index (χ0n) is 13.8. The summed E-state index contributed by atoms with van der Waals surface area (Å²) in [5, 5.41) is 0.